The summed E-state index contributed by atoms with van der Waals surface area (Å²) in [6.45, 7) is 15.2. The average molecular weight is 1040 g/mol. The zero-order valence-electron chi connectivity index (χ0n) is 44.4. The minimum absolute atomic E-state index is 0.0264. The molecule has 0 aliphatic rings. The van der Waals surface area contributed by atoms with Gasteiger partial charge >= 0.3 is 29.8 Å². The summed E-state index contributed by atoms with van der Waals surface area (Å²) in [5.74, 6) is -0.548. The van der Waals surface area contributed by atoms with Crippen LogP contribution in [0.2, 0.25) is 0 Å². The quantitative estimate of drug-likeness (QED) is 0.0131. The van der Waals surface area contributed by atoms with E-state index < -0.39 is 23.9 Å². The van der Waals surface area contributed by atoms with Crippen LogP contribution in [0, 0.1) is 0 Å². The van der Waals surface area contributed by atoms with Crippen molar-refractivity contribution >= 4 is 35.9 Å². The van der Waals surface area contributed by atoms with Gasteiger partial charge < -0.3 is 42.6 Å². The third kappa shape index (κ3) is 23.0. The molecule has 0 saturated carbocycles. The number of benzene rings is 5. The SMILES string of the molecule is C=CC(=O)OCCCCCCOC(=O)c1cc(OC(=O)c2ccc(OCCCCCCOC(=O)C(=C)C)cc2)ccc1OC(=O)/C=C/c1ccc(OCCC)c(OC)c1.CCCCOc1ccc(-c2ccccc2)cc1. The molecule has 0 aliphatic carbocycles. The standard InChI is InChI=1S/C46H54O13.C16H18O/c1-6-26-54-40-23-16-34(31-41(40)52-5)17-25-43(48)59-39-24-22-37(32-38(39)46(51)57-30-15-11-9-13-28-55-42(47)7-2)58-45(50)35-18-20-36(21-19-35)53-27-12-8-10-14-29-56-44(49)33(3)4;1-2-3-13-17-16-11-9-15(10-12-16)14-7-5-4-6-8-14/h7,16-25,31-32H,2-3,6,8-15,26-30H2,1,4-5H3;4-12H,2-3,13H2,1H3/b25-17+;. The molecule has 14 heteroatoms. The summed E-state index contributed by atoms with van der Waals surface area (Å²) in [5, 5.41) is 0. The first-order valence-electron chi connectivity index (χ1n) is 25.8. The summed E-state index contributed by atoms with van der Waals surface area (Å²) in [7, 11) is 1.52. The topological polar surface area (TPSA) is 168 Å². The van der Waals surface area contributed by atoms with Crippen LogP contribution in [0.3, 0.4) is 0 Å². The van der Waals surface area contributed by atoms with Gasteiger partial charge in [-0.3, -0.25) is 0 Å². The Balaban J connectivity index is 0.000000615. The highest BCUT2D eigenvalue weighted by atomic mass is 16.6. The number of unbranched alkanes of at least 4 members (excludes halogenated alkanes) is 7. The lowest BCUT2D eigenvalue weighted by Gasteiger charge is -2.12. The van der Waals surface area contributed by atoms with Gasteiger partial charge in [0.25, 0.3) is 0 Å². The molecular weight excluding hydrogens is 969 g/mol. The normalized spacial score (nSPS) is 10.5. The lowest BCUT2D eigenvalue weighted by molar-refractivity contribution is -0.139. The number of hydrogen-bond donors (Lipinski definition) is 0. The van der Waals surface area contributed by atoms with Crippen LogP contribution in [0.25, 0.3) is 17.2 Å². The van der Waals surface area contributed by atoms with Crippen molar-refractivity contribution in [3.05, 3.63) is 163 Å². The highest BCUT2D eigenvalue weighted by Crippen LogP contribution is 2.30. The largest absolute Gasteiger partial charge is 0.494 e. The van der Waals surface area contributed by atoms with Gasteiger partial charge in [0.05, 0.1) is 52.3 Å². The van der Waals surface area contributed by atoms with E-state index in [0.717, 1.165) is 63.4 Å². The molecule has 5 aromatic rings. The molecule has 0 bridgehead atoms. The molecular formula is C62H72O14. The Kier molecular flexibility index (Phi) is 27.9. The number of methoxy groups -OCH3 is 1. The maximum absolute atomic E-state index is 13.3. The first kappa shape index (κ1) is 60.4. The molecule has 5 aromatic carbocycles. The lowest BCUT2D eigenvalue weighted by atomic mass is 10.1. The molecule has 0 spiro atoms. The molecule has 5 rings (SSSR count). The molecule has 0 N–H and O–H groups in total. The second-order valence-electron chi connectivity index (χ2n) is 17.3. The number of rotatable bonds is 32. The molecule has 0 radical (unpaired) electrons. The van der Waals surface area contributed by atoms with Gasteiger partial charge in [-0.05, 0) is 161 Å². The fourth-order valence-corrected chi connectivity index (χ4v) is 6.88. The maximum Gasteiger partial charge on any atom is 0.343 e. The van der Waals surface area contributed by atoms with Gasteiger partial charge in [-0.15, -0.1) is 0 Å². The first-order valence-corrected chi connectivity index (χ1v) is 25.8. The summed E-state index contributed by atoms with van der Waals surface area (Å²) in [6.07, 6.45) is 12.9. The zero-order valence-corrected chi connectivity index (χ0v) is 44.4. The predicted molar refractivity (Wildman–Crippen MR) is 293 cm³/mol. The summed E-state index contributed by atoms with van der Waals surface area (Å²) >= 11 is 0. The Bertz CT molecular complexity index is 2620. The van der Waals surface area contributed by atoms with Crippen LogP contribution in [0.15, 0.2) is 146 Å². The van der Waals surface area contributed by atoms with Crippen LogP contribution in [0.5, 0.6) is 34.5 Å². The molecule has 0 unspecified atom stereocenters. The molecule has 76 heavy (non-hydrogen) atoms. The summed E-state index contributed by atoms with van der Waals surface area (Å²) in [4.78, 5) is 62.0. The number of ether oxygens (including phenoxy) is 9. The highest BCUT2D eigenvalue weighted by molar-refractivity contribution is 5.97. The Morgan fingerprint density at radius 1 is 0.500 bits per heavy atom. The monoisotopic (exact) mass is 1040 g/mol. The zero-order chi connectivity index (χ0) is 54.8. The second-order valence-corrected chi connectivity index (χ2v) is 17.3. The van der Waals surface area contributed by atoms with Crippen LogP contribution < -0.4 is 28.4 Å². The van der Waals surface area contributed by atoms with E-state index in [1.807, 2.05) is 25.1 Å². The van der Waals surface area contributed by atoms with Crippen molar-refractivity contribution in [1.82, 2.24) is 0 Å². The van der Waals surface area contributed by atoms with Gasteiger partial charge in [0, 0.05) is 17.7 Å². The van der Waals surface area contributed by atoms with E-state index in [2.05, 4.69) is 56.5 Å². The van der Waals surface area contributed by atoms with E-state index in [1.165, 1.54) is 55.0 Å². The van der Waals surface area contributed by atoms with E-state index in [-0.39, 0.29) is 41.8 Å². The Labute approximate surface area is 447 Å². The molecule has 0 aliphatic heterocycles. The van der Waals surface area contributed by atoms with Crippen molar-refractivity contribution in [2.75, 3.05) is 46.8 Å². The van der Waals surface area contributed by atoms with Gasteiger partial charge in [0.15, 0.2) is 11.5 Å². The molecule has 14 nitrogen and oxygen atoms in total. The van der Waals surface area contributed by atoms with Crippen molar-refractivity contribution in [1.29, 1.82) is 0 Å². The van der Waals surface area contributed by atoms with Crippen molar-refractivity contribution < 1.29 is 66.6 Å². The Morgan fingerprint density at radius 2 is 1.08 bits per heavy atom. The lowest BCUT2D eigenvalue weighted by Crippen LogP contribution is -2.13. The Hall–Kier alpha value is -8.13. The van der Waals surface area contributed by atoms with Gasteiger partial charge in [-0.25, -0.2) is 24.0 Å². The molecule has 0 aromatic heterocycles. The van der Waals surface area contributed by atoms with Crippen molar-refractivity contribution in [2.45, 2.75) is 91.4 Å². The van der Waals surface area contributed by atoms with Crippen LogP contribution in [-0.2, 0) is 28.6 Å². The van der Waals surface area contributed by atoms with Gasteiger partial charge in [-0.1, -0.05) is 82.0 Å². The van der Waals surface area contributed by atoms with E-state index >= 15 is 0 Å². The number of carbonyl (C=O) groups is 5. The average Bonchev–Trinajstić information content (AvgIpc) is 3.44. The molecule has 0 fully saturated rings. The predicted octanol–water partition coefficient (Wildman–Crippen LogP) is 13.4. The third-order valence-corrected chi connectivity index (χ3v) is 11.0. The van der Waals surface area contributed by atoms with Crippen LogP contribution >= 0.6 is 0 Å². The minimum atomic E-state index is -0.783. The molecule has 0 amide bonds. The van der Waals surface area contributed by atoms with Crippen LogP contribution in [0.1, 0.15) is 118 Å². The Morgan fingerprint density at radius 3 is 1.70 bits per heavy atom. The second kappa shape index (κ2) is 35.1. The van der Waals surface area contributed by atoms with Crippen molar-refractivity contribution in [3.63, 3.8) is 0 Å². The van der Waals surface area contributed by atoms with Crippen molar-refractivity contribution in [3.8, 4) is 45.6 Å². The summed E-state index contributed by atoms with van der Waals surface area (Å²) in [5.41, 5.74) is 3.62. The fourth-order valence-electron chi connectivity index (χ4n) is 6.88. The highest BCUT2D eigenvalue weighted by Gasteiger charge is 2.20. The summed E-state index contributed by atoms with van der Waals surface area (Å²) in [6, 6.07) is 34.4. The third-order valence-electron chi connectivity index (χ3n) is 11.0. The number of carbonyl (C=O) groups excluding carboxylic acids is 5. The molecule has 404 valence electrons. The van der Waals surface area contributed by atoms with Gasteiger partial charge in [-0.2, -0.15) is 0 Å². The maximum atomic E-state index is 13.3. The number of hydrogen-bond acceptors (Lipinski definition) is 14. The van der Waals surface area contributed by atoms with E-state index in [0.29, 0.717) is 67.5 Å². The molecule has 0 atom stereocenters. The fraction of sp³-hybridized carbons (Fsp3) is 0.339. The number of esters is 5. The molecule has 0 heterocycles. The van der Waals surface area contributed by atoms with Crippen LogP contribution in [-0.4, -0.2) is 76.6 Å². The smallest absolute Gasteiger partial charge is 0.343 e. The van der Waals surface area contributed by atoms with E-state index in [1.54, 1.807) is 49.4 Å². The van der Waals surface area contributed by atoms with E-state index in [4.69, 9.17) is 42.6 Å². The van der Waals surface area contributed by atoms with Gasteiger partial charge in [0.1, 0.15) is 28.6 Å². The minimum Gasteiger partial charge on any atom is -0.494 e. The van der Waals surface area contributed by atoms with Crippen molar-refractivity contribution in [2.24, 2.45) is 0 Å². The molecule has 0 saturated heterocycles. The van der Waals surface area contributed by atoms with Crippen LogP contribution in [0.4, 0.5) is 0 Å². The summed E-state index contributed by atoms with van der Waals surface area (Å²) < 4.78 is 49.2. The van der Waals surface area contributed by atoms with Gasteiger partial charge in [0.2, 0.25) is 0 Å². The van der Waals surface area contributed by atoms with E-state index in [9.17, 15) is 24.0 Å². The first-order chi connectivity index (χ1) is 36.9.